The molecular weight excluding hydrogens is 292 g/mol. The van der Waals surface area contributed by atoms with Gasteiger partial charge in [-0.1, -0.05) is 28.1 Å². The van der Waals surface area contributed by atoms with E-state index < -0.39 is 0 Å². The summed E-state index contributed by atoms with van der Waals surface area (Å²) in [6.45, 7) is 4.79. The topological polar surface area (TPSA) is 33.3 Å². The third kappa shape index (κ3) is 5.06. The van der Waals surface area contributed by atoms with Crippen LogP contribution in [-0.2, 0) is 11.2 Å². The van der Waals surface area contributed by atoms with Crippen molar-refractivity contribution in [1.82, 2.24) is 10.6 Å². The van der Waals surface area contributed by atoms with Crippen LogP contribution >= 0.6 is 15.9 Å². The van der Waals surface area contributed by atoms with Gasteiger partial charge in [-0.2, -0.15) is 0 Å². The number of morpholine rings is 1. The zero-order chi connectivity index (χ0) is 12.6. The van der Waals surface area contributed by atoms with Crippen LogP contribution in [0.4, 0.5) is 0 Å². The lowest BCUT2D eigenvalue weighted by atomic mass is 10.1. The van der Waals surface area contributed by atoms with Crippen LogP contribution in [0.2, 0.25) is 0 Å². The van der Waals surface area contributed by atoms with E-state index in [0.29, 0.717) is 6.04 Å². The number of halogens is 1. The molecule has 1 saturated heterocycles. The number of rotatable bonds is 6. The molecule has 0 aromatic heterocycles. The zero-order valence-corrected chi connectivity index (χ0v) is 12.2. The second-order valence-corrected chi connectivity index (χ2v) is 5.56. The smallest absolute Gasteiger partial charge is 0.0620 e. The first-order chi connectivity index (χ1) is 8.84. The lowest BCUT2D eigenvalue weighted by Gasteiger charge is -2.23. The van der Waals surface area contributed by atoms with E-state index in [0.717, 1.165) is 50.2 Å². The minimum absolute atomic E-state index is 0.527. The Morgan fingerprint density at radius 2 is 2.11 bits per heavy atom. The fraction of sp³-hybridized carbons (Fsp3) is 0.571. The minimum atomic E-state index is 0.527. The van der Waals surface area contributed by atoms with Crippen molar-refractivity contribution >= 4 is 15.9 Å². The maximum atomic E-state index is 5.42. The van der Waals surface area contributed by atoms with Gasteiger partial charge in [0.2, 0.25) is 0 Å². The summed E-state index contributed by atoms with van der Waals surface area (Å²) in [6, 6.07) is 9.06. The normalized spacial score (nSPS) is 19.9. The molecule has 18 heavy (non-hydrogen) atoms. The van der Waals surface area contributed by atoms with Crippen molar-refractivity contribution in [2.45, 2.75) is 18.9 Å². The average Bonchev–Trinajstić information content (AvgIpc) is 2.42. The molecule has 3 nitrogen and oxygen atoms in total. The number of hydrogen-bond acceptors (Lipinski definition) is 3. The molecule has 0 bridgehead atoms. The molecule has 0 radical (unpaired) electrons. The first-order valence-corrected chi connectivity index (χ1v) is 7.40. The molecule has 1 heterocycles. The Hall–Kier alpha value is -0.420. The largest absolute Gasteiger partial charge is 0.379 e. The predicted octanol–water partition coefficient (Wildman–Crippen LogP) is 1.96. The summed E-state index contributed by atoms with van der Waals surface area (Å²) >= 11 is 3.45. The molecular formula is C14H21BrN2O. The van der Waals surface area contributed by atoms with Gasteiger partial charge in [-0.05, 0) is 43.6 Å². The Bertz CT molecular complexity index is 336. The fourth-order valence-corrected chi connectivity index (χ4v) is 2.35. The van der Waals surface area contributed by atoms with Crippen LogP contribution in [0.15, 0.2) is 28.7 Å². The summed E-state index contributed by atoms with van der Waals surface area (Å²) in [5, 5.41) is 6.95. The molecule has 0 aliphatic carbocycles. The van der Waals surface area contributed by atoms with Crippen LogP contribution in [0.3, 0.4) is 0 Å². The third-order valence-electron chi connectivity index (χ3n) is 3.17. The summed E-state index contributed by atoms with van der Waals surface area (Å²) in [5.74, 6) is 0. The molecule has 2 rings (SSSR count). The van der Waals surface area contributed by atoms with E-state index in [1.54, 1.807) is 0 Å². The molecule has 0 saturated carbocycles. The zero-order valence-electron chi connectivity index (χ0n) is 10.6. The van der Waals surface area contributed by atoms with Gasteiger partial charge in [0, 0.05) is 17.1 Å². The van der Waals surface area contributed by atoms with Crippen molar-refractivity contribution in [3.05, 3.63) is 34.3 Å². The molecule has 1 fully saturated rings. The van der Waals surface area contributed by atoms with Gasteiger partial charge in [0.15, 0.2) is 0 Å². The highest BCUT2D eigenvalue weighted by molar-refractivity contribution is 9.10. The van der Waals surface area contributed by atoms with Crippen molar-refractivity contribution in [3.8, 4) is 0 Å². The molecule has 1 aliphatic heterocycles. The van der Waals surface area contributed by atoms with Crippen molar-refractivity contribution in [2.24, 2.45) is 0 Å². The number of ether oxygens (including phenoxy) is 1. The first kappa shape index (κ1) is 14.0. The molecule has 1 atom stereocenters. The highest BCUT2D eigenvalue weighted by Crippen LogP contribution is 2.10. The molecule has 2 N–H and O–H groups in total. The molecule has 0 spiro atoms. The Kier molecular flexibility index (Phi) is 6.14. The average molecular weight is 313 g/mol. The standard InChI is InChI=1S/C14H21BrN2O/c15-13-3-1-12(2-4-13)5-7-16-8-6-14-11-18-10-9-17-14/h1-4,14,16-17H,5-11H2. The van der Waals surface area contributed by atoms with E-state index in [1.165, 1.54) is 5.56 Å². The number of nitrogens with one attached hydrogen (secondary N) is 2. The fourth-order valence-electron chi connectivity index (χ4n) is 2.09. The highest BCUT2D eigenvalue weighted by Gasteiger charge is 2.11. The molecule has 1 aromatic carbocycles. The van der Waals surface area contributed by atoms with E-state index in [9.17, 15) is 0 Å². The molecule has 1 unspecified atom stereocenters. The summed E-state index contributed by atoms with van der Waals surface area (Å²) in [6.07, 6.45) is 2.22. The maximum Gasteiger partial charge on any atom is 0.0620 e. The van der Waals surface area contributed by atoms with Gasteiger partial charge in [-0.25, -0.2) is 0 Å². The summed E-state index contributed by atoms with van der Waals surface area (Å²) in [7, 11) is 0. The van der Waals surface area contributed by atoms with Crippen LogP contribution in [0.25, 0.3) is 0 Å². The van der Waals surface area contributed by atoms with Crippen molar-refractivity contribution < 1.29 is 4.74 Å². The molecule has 1 aliphatic rings. The first-order valence-electron chi connectivity index (χ1n) is 6.61. The van der Waals surface area contributed by atoms with Crippen molar-refractivity contribution in [2.75, 3.05) is 32.8 Å². The lowest BCUT2D eigenvalue weighted by molar-refractivity contribution is 0.0743. The minimum Gasteiger partial charge on any atom is -0.379 e. The van der Waals surface area contributed by atoms with Gasteiger partial charge in [0.1, 0.15) is 0 Å². The van der Waals surface area contributed by atoms with Crippen LogP contribution in [0.5, 0.6) is 0 Å². The molecule has 0 amide bonds. The van der Waals surface area contributed by atoms with Gasteiger partial charge in [-0.3, -0.25) is 0 Å². The predicted molar refractivity (Wildman–Crippen MR) is 77.9 cm³/mol. The quantitative estimate of drug-likeness (QED) is 0.788. The number of hydrogen-bond donors (Lipinski definition) is 2. The Morgan fingerprint density at radius 1 is 1.28 bits per heavy atom. The van der Waals surface area contributed by atoms with E-state index >= 15 is 0 Å². The Balaban J connectivity index is 1.54. The second kappa shape index (κ2) is 7.89. The van der Waals surface area contributed by atoms with Gasteiger partial charge in [0.05, 0.1) is 13.2 Å². The van der Waals surface area contributed by atoms with Crippen LogP contribution in [0, 0.1) is 0 Å². The van der Waals surface area contributed by atoms with Gasteiger partial charge < -0.3 is 15.4 Å². The Labute approximate surface area is 117 Å². The molecule has 100 valence electrons. The highest BCUT2D eigenvalue weighted by atomic mass is 79.9. The maximum absolute atomic E-state index is 5.42. The van der Waals surface area contributed by atoms with Crippen LogP contribution in [-0.4, -0.2) is 38.9 Å². The van der Waals surface area contributed by atoms with Gasteiger partial charge in [0.25, 0.3) is 0 Å². The van der Waals surface area contributed by atoms with Gasteiger partial charge in [-0.15, -0.1) is 0 Å². The number of benzene rings is 1. The van der Waals surface area contributed by atoms with Crippen LogP contribution < -0.4 is 10.6 Å². The van der Waals surface area contributed by atoms with Crippen LogP contribution in [0.1, 0.15) is 12.0 Å². The summed E-state index contributed by atoms with van der Waals surface area (Å²) in [5.41, 5.74) is 1.38. The lowest BCUT2D eigenvalue weighted by Crippen LogP contribution is -2.42. The summed E-state index contributed by atoms with van der Waals surface area (Å²) < 4.78 is 6.57. The Morgan fingerprint density at radius 3 is 2.83 bits per heavy atom. The second-order valence-electron chi connectivity index (χ2n) is 4.64. The van der Waals surface area contributed by atoms with Crippen molar-refractivity contribution in [3.63, 3.8) is 0 Å². The monoisotopic (exact) mass is 312 g/mol. The molecule has 1 aromatic rings. The van der Waals surface area contributed by atoms with E-state index in [2.05, 4.69) is 50.8 Å². The van der Waals surface area contributed by atoms with Gasteiger partial charge >= 0.3 is 0 Å². The van der Waals surface area contributed by atoms with E-state index in [-0.39, 0.29) is 0 Å². The molecule has 4 heteroatoms. The third-order valence-corrected chi connectivity index (χ3v) is 3.70. The van der Waals surface area contributed by atoms with E-state index in [4.69, 9.17) is 4.74 Å². The van der Waals surface area contributed by atoms with Crippen molar-refractivity contribution in [1.29, 1.82) is 0 Å². The SMILES string of the molecule is Brc1ccc(CCNCCC2COCCN2)cc1. The van der Waals surface area contributed by atoms with E-state index in [1.807, 2.05) is 0 Å². The summed E-state index contributed by atoms with van der Waals surface area (Å²) in [4.78, 5) is 0.